The van der Waals surface area contributed by atoms with Gasteiger partial charge in [-0.1, -0.05) is 0 Å². The van der Waals surface area contributed by atoms with Gasteiger partial charge in [0, 0.05) is 11.6 Å². The molecule has 5 nitrogen and oxygen atoms in total. The standard InChI is InChI=1S/C11H12FNO4S/c1-6-9(18(16,17)13-7-2-3-7)5-4-8(10(6)12)11(14)15/h4-5,7,13H,2-3H2,1H3,(H,14,15). The fourth-order valence-corrected chi connectivity index (χ4v) is 3.15. The number of benzene rings is 1. The van der Waals surface area contributed by atoms with Crippen molar-refractivity contribution in [2.24, 2.45) is 0 Å². The molecule has 1 aliphatic carbocycles. The predicted molar refractivity (Wildman–Crippen MR) is 61.4 cm³/mol. The SMILES string of the molecule is Cc1c(S(=O)(=O)NC2CC2)ccc(C(=O)O)c1F. The van der Waals surface area contributed by atoms with Gasteiger partial charge in [-0.2, -0.15) is 0 Å². The number of hydrogen-bond donors (Lipinski definition) is 2. The first kappa shape index (κ1) is 13.0. The molecular weight excluding hydrogens is 261 g/mol. The minimum absolute atomic E-state index is 0.0865. The summed E-state index contributed by atoms with van der Waals surface area (Å²) in [6.45, 7) is 1.25. The van der Waals surface area contributed by atoms with Gasteiger partial charge in [-0.15, -0.1) is 0 Å². The maximum atomic E-state index is 13.7. The smallest absolute Gasteiger partial charge is 0.338 e. The van der Waals surface area contributed by atoms with Crippen LogP contribution in [-0.2, 0) is 10.0 Å². The van der Waals surface area contributed by atoms with E-state index in [1.807, 2.05) is 0 Å². The lowest BCUT2D eigenvalue weighted by Gasteiger charge is -2.10. The molecule has 0 aliphatic heterocycles. The normalized spacial score (nSPS) is 15.7. The van der Waals surface area contributed by atoms with Crippen LogP contribution in [0.25, 0.3) is 0 Å². The third kappa shape index (κ3) is 2.37. The second kappa shape index (κ2) is 4.33. The van der Waals surface area contributed by atoms with E-state index in [-0.39, 0.29) is 16.5 Å². The van der Waals surface area contributed by atoms with Gasteiger partial charge in [0.15, 0.2) is 0 Å². The number of rotatable bonds is 4. The minimum Gasteiger partial charge on any atom is -0.478 e. The van der Waals surface area contributed by atoms with Crippen LogP contribution in [0.5, 0.6) is 0 Å². The quantitative estimate of drug-likeness (QED) is 0.865. The average molecular weight is 273 g/mol. The molecule has 0 heterocycles. The Morgan fingerprint density at radius 1 is 1.44 bits per heavy atom. The summed E-state index contributed by atoms with van der Waals surface area (Å²) in [6, 6.07) is 2.00. The molecule has 18 heavy (non-hydrogen) atoms. The predicted octanol–water partition coefficient (Wildman–Crippen LogP) is 1.27. The van der Waals surface area contributed by atoms with Crippen molar-refractivity contribution in [1.29, 1.82) is 0 Å². The van der Waals surface area contributed by atoms with Crippen LogP contribution >= 0.6 is 0 Å². The van der Waals surface area contributed by atoms with E-state index < -0.39 is 27.4 Å². The average Bonchev–Trinajstić information content (AvgIpc) is 3.04. The molecule has 0 amide bonds. The largest absolute Gasteiger partial charge is 0.478 e. The summed E-state index contributed by atoms with van der Waals surface area (Å²) >= 11 is 0. The molecule has 0 radical (unpaired) electrons. The fraction of sp³-hybridized carbons (Fsp3) is 0.364. The molecular formula is C11H12FNO4S. The van der Waals surface area contributed by atoms with Crippen LogP contribution in [0.4, 0.5) is 4.39 Å². The summed E-state index contributed by atoms with van der Waals surface area (Å²) in [4.78, 5) is 10.5. The van der Waals surface area contributed by atoms with E-state index in [2.05, 4.69) is 4.72 Å². The van der Waals surface area contributed by atoms with Crippen LogP contribution < -0.4 is 4.72 Å². The van der Waals surface area contributed by atoms with E-state index in [1.165, 1.54) is 6.92 Å². The van der Waals surface area contributed by atoms with Crippen molar-refractivity contribution in [2.45, 2.75) is 30.7 Å². The first-order valence-electron chi connectivity index (χ1n) is 5.37. The summed E-state index contributed by atoms with van der Waals surface area (Å²) in [6.07, 6.45) is 1.54. The molecule has 2 rings (SSSR count). The molecule has 0 atom stereocenters. The van der Waals surface area contributed by atoms with Crippen molar-refractivity contribution in [3.63, 3.8) is 0 Å². The summed E-state index contributed by atoms with van der Waals surface area (Å²) in [7, 11) is -3.78. The topological polar surface area (TPSA) is 83.5 Å². The van der Waals surface area contributed by atoms with E-state index in [4.69, 9.17) is 5.11 Å². The summed E-state index contributed by atoms with van der Waals surface area (Å²) in [5.74, 6) is -2.43. The highest BCUT2D eigenvalue weighted by atomic mass is 32.2. The van der Waals surface area contributed by atoms with Gasteiger partial charge in [0.2, 0.25) is 10.0 Å². The van der Waals surface area contributed by atoms with Crippen molar-refractivity contribution in [2.75, 3.05) is 0 Å². The van der Waals surface area contributed by atoms with Crippen LogP contribution in [0, 0.1) is 12.7 Å². The van der Waals surface area contributed by atoms with E-state index in [9.17, 15) is 17.6 Å². The van der Waals surface area contributed by atoms with Gasteiger partial charge < -0.3 is 5.11 Å². The lowest BCUT2D eigenvalue weighted by molar-refractivity contribution is 0.0691. The Bertz CT molecular complexity index is 608. The first-order valence-corrected chi connectivity index (χ1v) is 6.86. The highest BCUT2D eigenvalue weighted by Gasteiger charge is 2.30. The van der Waals surface area contributed by atoms with Crippen LogP contribution in [0.2, 0.25) is 0 Å². The van der Waals surface area contributed by atoms with Crippen molar-refractivity contribution in [3.8, 4) is 0 Å². The van der Waals surface area contributed by atoms with Gasteiger partial charge in [-0.25, -0.2) is 22.3 Å². The third-order valence-corrected chi connectivity index (χ3v) is 4.42. The minimum atomic E-state index is -3.78. The van der Waals surface area contributed by atoms with Gasteiger partial charge in [0.1, 0.15) is 5.82 Å². The van der Waals surface area contributed by atoms with E-state index in [0.29, 0.717) is 0 Å². The number of halogens is 1. The summed E-state index contributed by atoms with van der Waals surface area (Å²) < 4.78 is 40.0. The number of carboxylic acid groups (broad SMARTS) is 1. The van der Waals surface area contributed by atoms with Gasteiger partial charge in [-0.3, -0.25) is 0 Å². The maximum absolute atomic E-state index is 13.7. The molecule has 2 N–H and O–H groups in total. The Kier molecular flexibility index (Phi) is 3.12. The zero-order chi connectivity index (χ0) is 13.5. The summed E-state index contributed by atoms with van der Waals surface area (Å²) in [5.41, 5.74) is -0.707. The Hall–Kier alpha value is -1.47. The van der Waals surface area contributed by atoms with Crippen LogP contribution in [-0.4, -0.2) is 25.5 Å². The Morgan fingerprint density at radius 3 is 2.56 bits per heavy atom. The lowest BCUT2D eigenvalue weighted by atomic mass is 10.1. The van der Waals surface area contributed by atoms with E-state index in [1.54, 1.807) is 0 Å². The molecule has 1 saturated carbocycles. The molecule has 1 aromatic rings. The van der Waals surface area contributed by atoms with Crippen LogP contribution in [0.1, 0.15) is 28.8 Å². The van der Waals surface area contributed by atoms with Gasteiger partial charge in [0.25, 0.3) is 0 Å². The second-order valence-corrected chi connectivity index (χ2v) is 5.93. The molecule has 0 spiro atoms. The number of carboxylic acids is 1. The van der Waals surface area contributed by atoms with E-state index in [0.717, 1.165) is 25.0 Å². The first-order chi connectivity index (χ1) is 8.33. The molecule has 1 aromatic carbocycles. The Morgan fingerprint density at radius 2 is 2.06 bits per heavy atom. The van der Waals surface area contributed by atoms with Crippen molar-refractivity contribution in [1.82, 2.24) is 4.72 Å². The van der Waals surface area contributed by atoms with Crippen molar-refractivity contribution < 1.29 is 22.7 Å². The molecule has 0 aromatic heterocycles. The lowest BCUT2D eigenvalue weighted by Crippen LogP contribution is -2.26. The molecule has 0 unspecified atom stereocenters. The zero-order valence-electron chi connectivity index (χ0n) is 9.60. The van der Waals surface area contributed by atoms with Crippen LogP contribution in [0.15, 0.2) is 17.0 Å². The number of hydrogen-bond acceptors (Lipinski definition) is 3. The summed E-state index contributed by atoms with van der Waals surface area (Å²) in [5, 5.41) is 8.73. The molecule has 0 saturated heterocycles. The highest BCUT2D eigenvalue weighted by Crippen LogP contribution is 2.25. The molecule has 7 heteroatoms. The van der Waals surface area contributed by atoms with Crippen LogP contribution in [0.3, 0.4) is 0 Å². The third-order valence-electron chi connectivity index (χ3n) is 2.76. The van der Waals surface area contributed by atoms with Gasteiger partial charge >= 0.3 is 5.97 Å². The molecule has 1 aliphatic rings. The van der Waals surface area contributed by atoms with Crippen molar-refractivity contribution in [3.05, 3.63) is 29.1 Å². The Balaban J connectivity index is 2.46. The number of nitrogens with one attached hydrogen (secondary N) is 1. The number of carbonyl (C=O) groups is 1. The Labute approximate surface area is 104 Å². The number of sulfonamides is 1. The van der Waals surface area contributed by atoms with Gasteiger partial charge in [-0.05, 0) is 31.9 Å². The van der Waals surface area contributed by atoms with Gasteiger partial charge in [0.05, 0.1) is 10.5 Å². The van der Waals surface area contributed by atoms with E-state index >= 15 is 0 Å². The monoisotopic (exact) mass is 273 g/mol. The zero-order valence-corrected chi connectivity index (χ0v) is 10.4. The fourth-order valence-electron chi connectivity index (χ4n) is 1.61. The van der Waals surface area contributed by atoms with Crippen molar-refractivity contribution >= 4 is 16.0 Å². The highest BCUT2D eigenvalue weighted by molar-refractivity contribution is 7.89. The number of aromatic carboxylic acids is 1. The molecule has 0 bridgehead atoms. The molecule has 1 fully saturated rings. The maximum Gasteiger partial charge on any atom is 0.338 e. The second-order valence-electron chi connectivity index (χ2n) is 4.25. The molecule has 98 valence electrons.